The Labute approximate surface area is 245 Å². The van der Waals surface area contributed by atoms with Crippen molar-refractivity contribution in [2.45, 2.75) is 46.1 Å². The summed E-state index contributed by atoms with van der Waals surface area (Å²) in [5.74, 6) is -0.951. The zero-order valence-electron chi connectivity index (χ0n) is 24.0. The number of rotatable bonds is 14. The van der Waals surface area contributed by atoms with Gasteiger partial charge in [0, 0.05) is 37.2 Å². The molecule has 1 aromatic heterocycles. The summed E-state index contributed by atoms with van der Waals surface area (Å²) in [5, 5.41) is 11.2. The SMILES string of the molecule is COCP(=O)(Nc1ccccc1NC(=O)c1ccc(CNC(=O)OCc2cccnc2)cc1)NC(C)C(=O)OC(C)C. The molecule has 2 unspecified atom stereocenters. The van der Waals surface area contributed by atoms with Crippen LogP contribution in [0.5, 0.6) is 0 Å². The van der Waals surface area contributed by atoms with Gasteiger partial charge in [0.25, 0.3) is 13.4 Å². The van der Waals surface area contributed by atoms with E-state index in [0.717, 1.165) is 11.1 Å². The second-order valence-electron chi connectivity index (χ2n) is 9.59. The van der Waals surface area contributed by atoms with E-state index in [4.69, 9.17) is 14.2 Å². The molecule has 4 N–H and O–H groups in total. The van der Waals surface area contributed by atoms with E-state index >= 15 is 0 Å². The molecule has 0 aliphatic carbocycles. The number of nitrogens with zero attached hydrogens (tertiary/aromatic N) is 1. The van der Waals surface area contributed by atoms with Crippen LogP contribution >= 0.6 is 7.44 Å². The van der Waals surface area contributed by atoms with Gasteiger partial charge in [-0.1, -0.05) is 30.3 Å². The van der Waals surface area contributed by atoms with Crippen LogP contribution < -0.4 is 20.8 Å². The van der Waals surface area contributed by atoms with E-state index in [1.54, 1.807) is 93.8 Å². The number of esters is 1. The van der Waals surface area contributed by atoms with Gasteiger partial charge in [0.05, 0.1) is 17.5 Å². The summed E-state index contributed by atoms with van der Waals surface area (Å²) < 4.78 is 29.2. The average Bonchev–Trinajstić information content (AvgIpc) is 2.96. The molecule has 2 atom stereocenters. The lowest BCUT2D eigenvalue weighted by Crippen LogP contribution is -2.37. The predicted molar refractivity (Wildman–Crippen MR) is 159 cm³/mol. The van der Waals surface area contributed by atoms with Crippen LogP contribution in [0.25, 0.3) is 0 Å². The Bertz CT molecular complexity index is 1390. The molecule has 0 saturated heterocycles. The lowest BCUT2D eigenvalue weighted by molar-refractivity contribution is -0.148. The molecular formula is C29H36N5O7P. The summed E-state index contributed by atoms with van der Waals surface area (Å²) >= 11 is 0. The molecule has 13 heteroatoms. The fraction of sp³-hybridized carbons (Fsp3) is 0.310. The Kier molecular flexibility index (Phi) is 12.0. The van der Waals surface area contributed by atoms with Gasteiger partial charge in [-0.05, 0) is 56.7 Å². The average molecular weight is 598 g/mol. The smallest absolute Gasteiger partial charge is 0.407 e. The maximum atomic E-state index is 13.6. The quantitative estimate of drug-likeness (QED) is 0.149. The van der Waals surface area contributed by atoms with Crippen LogP contribution in [-0.4, -0.2) is 48.6 Å². The first-order chi connectivity index (χ1) is 20.1. The van der Waals surface area contributed by atoms with Gasteiger partial charge in [-0.15, -0.1) is 0 Å². The second-order valence-corrected chi connectivity index (χ2v) is 11.8. The van der Waals surface area contributed by atoms with E-state index < -0.39 is 31.5 Å². The van der Waals surface area contributed by atoms with E-state index in [2.05, 4.69) is 25.8 Å². The van der Waals surface area contributed by atoms with Crippen LogP contribution in [0.1, 0.15) is 42.3 Å². The number of carbonyl (C=O) groups is 3. The van der Waals surface area contributed by atoms with E-state index in [9.17, 15) is 18.9 Å². The largest absolute Gasteiger partial charge is 0.462 e. The van der Waals surface area contributed by atoms with Crippen molar-refractivity contribution >= 4 is 36.8 Å². The minimum atomic E-state index is -3.50. The molecule has 1 heterocycles. The van der Waals surface area contributed by atoms with Crippen LogP contribution in [0.15, 0.2) is 73.1 Å². The molecule has 12 nitrogen and oxygen atoms in total. The normalized spacial score (nSPS) is 13.0. The van der Waals surface area contributed by atoms with E-state index in [-0.39, 0.29) is 25.6 Å². The summed E-state index contributed by atoms with van der Waals surface area (Å²) in [6.07, 6.45) is 2.14. The number of aromatic nitrogens is 1. The Morgan fingerprint density at radius 3 is 2.29 bits per heavy atom. The van der Waals surface area contributed by atoms with Gasteiger partial charge in [-0.2, -0.15) is 0 Å². The highest BCUT2D eigenvalue weighted by Crippen LogP contribution is 2.43. The van der Waals surface area contributed by atoms with Gasteiger partial charge in [0.2, 0.25) is 0 Å². The zero-order valence-corrected chi connectivity index (χ0v) is 24.9. The number of methoxy groups -OCH3 is 1. The molecule has 3 rings (SSSR count). The summed E-state index contributed by atoms with van der Waals surface area (Å²) in [7, 11) is -2.11. The molecule has 0 radical (unpaired) electrons. The zero-order chi connectivity index (χ0) is 30.5. The van der Waals surface area contributed by atoms with Crippen LogP contribution in [0.4, 0.5) is 16.2 Å². The standard InChI is InChI=1S/C29H36N5O7P/c1-20(2)41-28(36)21(3)33-42(38,19-39-4)34-26-10-6-5-9-25(26)32-27(35)24-13-11-22(12-14-24)17-31-29(37)40-18-23-8-7-15-30-16-23/h5-16,20-21H,17-19H2,1-4H3,(H,31,37)(H,32,35)(H2,33,34,38). The van der Waals surface area contributed by atoms with Crippen molar-refractivity contribution in [1.82, 2.24) is 15.4 Å². The number of nitrogens with one attached hydrogen (secondary N) is 4. The lowest BCUT2D eigenvalue weighted by Gasteiger charge is -2.25. The third kappa shape index (κ3) is 10.3. The number of ether oxygens (including phenoxy) is 3. The van der Waals surface area contributed by atoms with Crippen molar-refractivity contribution in [2.75, 3.05) is 23.9 Å². The van der Waals surface area contributed by atoms with Gasteiger partial charge in [-0.3, -0.25) is 19.1 Å². The molecule has 224 valence electrons. The van der Waals surface area contributed by atoms with Crippen LogP contribution in [0.3, 0.4) is 0 Å². The van der Waals surface area contributed by atoms with E-state index in [1.807, 2.05) is 0 Å². The molecule has 3 aromatic rings. The van der Waals surface area contributed by atoms with Gasteiger partial charge < -0.3 is 29.9 Å². The van der Waals surface area contributed by atoms with Crippen LogP contribution in [0, 0.1) is 0 Å². The maximum Gasteiger partial charge on any atom is 0.407 e. The number of pyridine rings is 1. The highest BCUT2D eigenvalue weighted by molar-refractivity contribution is 7.63. The minimum Gasteiger partial charge on any atom is -0.462 e. The van der Waals surface area contributed by atoms with Crippen LogP contribution in [0.2, 0.25) is 0 Å². The summed E-state index contributed by atoms with van der Waals surface area (Å²) in [6.45, 7) is 5.32. The van der Waals surface area contributed by atoms with Crippen molar-refractivity contribution in [3.8, 4) is 0 Å². The highest BCUT2D eigenvalue weighted by atomic mass is 31.2. The van der Waals surface area contributed by atoms with E-state index in [1.165, 1.54) is 7.11 Å². The predicted octanol–water partition coefficient (Wildman–Crippen LogP) is 4.90. The molecule has 0 aliphatic rings. The molecule has 0 bridgehead atoms. The molecule has 42 heavy (non-hydrogen) atoms. The molecule has 0 spiro atoms. The first kappa shape index (κ1) is 32.3. The van der Waals surface area contributed by atoms with Crippen LogP contribution in [-0.2, 0) is 36.7 Å². The number of para-hydroxylation sites is 2. The number of anilines is 2. The van der Waals surface area contributed by atoms with Crippen molar-refractivity contribution in [3.05, 3.63) is 89.7 Å². The fourth-order valence-electron chi connectivity index (χ4n) is 3.69. The summed E-state index contributed by atoms with van der Waals surface area (Å²) in [6, 6.07) is 16.1. The third-order valence-electron chi connectivity index (χ3n) is 5.64. The Morgan fingerprint density at radius 1 is 0.929 bits per heavy atom. The molecule has 2 amide bonds. The molecule has 2 aromatic carbocycles. The summed E-state index contributed by atoms with van der Waals surface area (Å²) in [5.41, 5.74) is 2.66. The third-order valence-corrected chi connectivity index (χ3v) is 7.67. The topological polar surface area (TPSA) is 157 Å². The van der Waals surface area contributed by atoms with Crippen molar-refractivity contribution in [2.24, 2.45) is 0 Å². The number of hydrogen-bond donors (Lipinski definition) is 4. The van der Waals surface area contributed by atoms with Gasteiger partial charge in [0.15, 0.2) is 0 Å². The van der Waals surface area contributed by atoms with Gasteiger partial charge in [0.1, 0.15) is 19.0 Å². The molecule has 0 aliphatic heterocycles. The number of carbonyl (C=O) groups excluding carboxylic acids is 3. The Balaban J connectivity index is 1.59. The second kappa shape index (κ2) is 15.7. The van der Waals surface area contributed by atoms with Crippen molar-refractivity contribution < 1.29 is 33.2 Å². The highest BCUT2D eigenvalue weighted by Gasteiger charge is 2.29. The Morgan fingerprint density at radius 2 is 1.64 bits per heavy atom. The van der Waals surface area contributed by atoms with Gasteiger partial charge in [-0.25, -0.2) is 9.88 Å². The van der Waals surface area contributed by atoms with Crippen molar-refractivity contribution in [1.29, 1.82) is 0 Å². The molecule has 0 saturated carbocycles. The van der Waals surface area contributed by atoms with Gasteiger partial charge >= 0.3 is 12.1 Å². The minimum absolute atomic E-state index is 0.107. The van der Waals surface area contributed by atoms with Crippen molar-refractivity contribution in [3.63, 3.8) is 0 Å². The first-order valence-corrected chi connectivity index (χ1v) is 15.1. The Hall–Kier alpha value is -4.25. The number of hydrogen-bond acceptors (Lipinski definition) is 8. The fourth-order valence-corrected chi connectivity index (χ4v) is 5.58. The number of alkyl carbamates (subject to hydrolysis) is 1. The number of amides is 2. The van der Waals surface area contributed by atoms with E-state index in [0.29, 0.717) is 16.9 Å². The lowest BCUT2D eigenvalue weighted by atomic mass is 10.1. The summed E-state index contributed by atoms with van der Waals surface area (Å²) in [4.78, 5) is 41.3. The maximum absolute atomic E-state index is 13.6. The molecule has 0 fully saturated rings. The monoisotopic (exact) mass is 597 g/mol. The molecular weight excluding hydrogens is 561 g/mol. The number of benzene rings is 2. The first-order valence-electron chi connectivity index (χ1n) is 13.2.